The largest absolute Gasteiger partial charge is 0.412 e. The summed E-state index contributed by atoms with van der Waals surface area (Å²) in [6, 6.07) is 19.8. The van der Waals surface area contributed by atoms with Gasteiger partial charge in [-0.15, -0.1) is 0 Å². The van der Waals surface area contributed by atoms with Gasteiger partial charge < -0.3 is 10.1 Å². The van der Waals surface area contributed by atoms with Gasteiger partial charge in [-0.2, -0.15) is 0 Å². The Morgan fingerprint density at radius 2 is 1.61 bits per heavy atom. The number of sulfone groups is 1. The summed E-state index contributed by atoms with van der Waals surface area (Å²) in [5.74, 6) is 0.148. The fourth-order valence-electron chi connectivity index (χ4n) is 3.26. The normalized spacial score (nSPS) is 13.7. The molecule has 0 saturated heterocycles. The molecule has 0 fully saturated rings. The number of halogens is 1. The van der Waals surface area contributed by atoms with E-state index in [-0.39, 0.29) is 11.7 Å². The van der Waals surface area contributed by atoms with Crippen molar-refractivity contribution >= 4 is 42.6 Å². The van der Waals surface area contributed by atoms with E-state index in [9.17, 15) is 13.2 Å². The van der Waals surface area contributed by atoms with Crippen molar-refractivity contribution in [3.05, 3.63) is 76.8 Å². The van der Waals surface area contributed by atoms with Gasteiger partial charge in [0.15, 0.2) is 9.84 Å². The Kier molecular flexibility index (Phi) is 7.38. The van der Waals surface area contributed by atoms with Crippen LogP contribution in [0.5, 0.6) is 5.75 Å². The Balaban J connectivity index is 1.69. The lowest BCUT2D eigenvalue weighted by atomic mass is 10.1. The van der Waals surface area contributed by atoms with Crippen LogP contribution in [0.4, 0.5) is 4.79 Å². The Morgan fingerprint density at radius 3 is 2.26 bits per heavy atom. The highest BCUT2D eigenvalue weighted by molar-refractivity contribution is 9.10. The van der Waals surface area contributed by atoms with Crippen LogP contribution in [0.25, 0.3) is 10.8 Å². The number of carbonyl (C=O) groups is 1. The smallest absolute Gasteiger partial charge is 0.410 e. The van der Waals surface area contributed by atoms with Gasteiger partial charge in [-0.1, -0.05) is 72.2 Å². The maximum absolute atomic E-state index is 13.0. The van der Waals surface area contributed by atoms with Gasteiger partial charge in [-0.25, -0.2) is 13.2 Å². The summed E-state index contributed by atoms with van der Waals surface area (Å²) < 4.78 is 32.3. The number of rotatable bonds is 7. The molecule has 1 N–H and O–H groups in total. The number of amides is 1. The topological polar surface area (TPSA) is 72.5 Å². The van der Waals surface area contributed by atoms with Crippen molar-refractivity contribution in [1.82, 2.24) is 5.32 Å². The van der Waals surface area contributed by atoms with Gasteiger partial charge in [0.25, 0.3) is 0 Å². The zero-order chi connectivity index (χ0) is 22.6. The van der Waals surface area contributed by atoms with E-state index in [1.807, 2.05) is 56.3 Å². The molecule has 3 aromatic carbocycles. The van der Waals surface area contributed by atoms with Crippen LogP contribution in [0.2, 0.25) is 0 Å². The molecule has 0 bridgehead atoms. The van der Waals surface area contributed by atoms with E-state index < -0.39 is 27.2 Å². The monoisotopic (exact) mass is 503 g/mol. The van der Waals surface area contributed by atoms with E-state index in [1.165, 1.54) is 0 Å². The molecule has 0 spiro atoms. The molecule has 2 atom stereocenters. The second-order valence-electron chi connectivity index (χ2n) is 7.92. The number of carbonyl (C=O) groups excluding carboxylic acids is 1. The Hall–Kier alpha value is -2.38. The molecular weight excluding hydrogens is 478 g/mol. The molecule has 1 amide bonds. The first-order chi connectivity index (χ1) is 14.7. The van der Waals surface area contributed by atoms with Crippen molar-refractivity contribution in [2.75, 3.05) is 5.75 Å². The van der Waals surface area contributed by atoms with Crippen LogP contribution < -0.4 is 10.1 Å². The van der Waals surface area contributed by atoms with Gasteiger partial charge in [0, 0.05) is 10.5 Å². The lowest BCUT2D eigenvalue weighted by Gasteiger charge is -2.24. The zero-order valence-corrected chi connectivity index (χ0v) is 20.1. The van der Waals surface area contributed by atoms with Crippen LogP contribution in [0.3, 0.4) is 0 Å². The zero-order valence-electron chi connectivity index (χ0n) is 17.7. The molecule has 164 valence electrons. The molecule has 5 nitrogen and oxygen atoms in total. The molecule has 0 saturated carbocycles. The number of hydrogen-bond acceptors (Lipinski definition) is 4. The van der Waals surface area contributed by atoms with Gasteiger partial charge in [-0.3, -0.25) is 0 Å². The maximum atomic E-state index is 13.0. The van der Waals surface area contributed by atoms with Gasteiger partial charge in [0.1, 0.15) is 5.75 Å². The van der Waals surface area contributed by atoms with Gasteiger partial charge >= 0.3 is 6.09 Å². The molecule has 2 unspecified atom stereocenters. The highest BCUT2D eigenvalue weighted by Gasteiger charge is 2.29. The minimum Gasteiger partial charge on any atom is -0.410 e. The average Bonchev–Trinajstić information content (AvgIpc) is 2.73. The van der Waals surface area contributed by atoms with Crippen LogP contribution in [0.1, 0.15) is 31.6 Å². The van der Waals surface area contributed by atoms with Crippen molar-refractivity contribution < 1.29 is 17.9 Å². The predicted octanol–water partition coefficient (Wildman–Crippen LogP) is 5.89. The Labute approximate surface area is 191 Å². The number of ether oxygens (including phenoxy) is 1. The van der Waals surface area contributed by atoms with Crippen molar-refractivity contribution in [2.24, 2.45) is 5.92 Å². The molecule has 0 aliphatic heterocycles. The molecule has 0 aliphatic rings. The maximum Gasteiger partial charge on any atom is 0.412 e. The second kappa shape index (κ2) is 9.83. The summed E-state index contributed by atoms with van der Waals surface area (Å²) in [6.45, 7) is 5.42. The Bertz CT molecular complexity index is 1160. The van der Waals surface area contributed by atoms with E-state index in [1.54, 1.807) is 31.2 Å². The van der Waals surface area contributed by atoms with Crippen LogP contribution in [-0.4, -0.2) is 26.3 Å². The number of nitrogens with one attached hydrogen (secondary N) is 1. The van der Waals surface area contributed by atoms with Crippen molar-refractivity contribution in [2.45, 2.75) is 32.1 Å². The van der Waals surface area contributed by atoms with E-state index in [0.717, 1.165) is 15.2 Å². The van der Waals surface area contributed by atoms with Crippen molar-refractivity contribution in [1.29, 1.82) is 0 Å². The third kappa shape index (κ3) is 6.08. The molecule has 3 aromatic rings. The van der Waals surface area contributed by atoms with E-state index in [2.05, 4.69) is 21.2 Å². The highest BCUT2D eigenvalue weighted by Crippen LogP contribution is 2.26. The summed E-state index contributed by atoms with van der Waals surface area (Å²) >= 11 is 3.36. The molecule has 0 aliphatic carbocycles. The molecule has 31 heavy (non-hydrogen) atoms. The number of hydrogen-bond donors (Lipinski definition) is 1. The molecule has 0 aromatic heterocycles. The third-order valence-electron chi connectivity index (χ3n) is 5.33. The molecule has 3 rings (SSSR count). The summed E-state index contributed by atoms with van der Waals surface area (Å²) in [5.41, 5.74) is 0.712. The first-order valence-electron chi connectivity index (χ1n) is 10.1. The van der Waals surface area contributed by atoms with Gasteiger partial charge in [0.2, 0.25) is 0 Å². The van der Waals surface area contributed by atoms with Crippen molar-refractivity contribution in [3.63, 3.8) is 0 Å². The third-order valence-corrected chi connectivity index (χ3v) is 8.03. The van der Waals surface area contributed by atoms with Crippen LogP contribution in [-0.2, 0) is 9.84 Å². The number of fused-ring (bicyclic) bond motifs is 1. The standard InChI is InChI=1S/C24H26BrNO4S/c1-16(2)23(15-31(28,29)17(3)18-8-11-21(25)12-9-18)26-24(27)30-22-13-10-19-6-4-5-7-20(19)14-22/h4-14,16-17,23H,15H2,1-3H3,(H,26,27). The number of benzene rings is 3. The summed E-state index contributed by atoms with van der Waals surface area (Å²) in [6.07, 6.45) is -0.666. The SMILES string of the molecule is CC(C)C(CS(=O)(=O)C(C)c1ccc(Br)cc1)NC(=O)Oc1ccc2ccccc2c1. The molecule has 7 heteroatoms. The highest BCUT2D eigenvalue weighted by atomic mass is 79.9. The molecule has 0 heterocycles. The minimum absolute atomic E-state index is 0.0870. The molecular formula is C24H26BrNO4S. The first kappa shape index (κ1) is 23.3. The quantitative estimate of drug-likeness (QED) is 0.436. The second-order valence-corrected chi connectivity index (χ2v) is 11.2. The predicted molar refractivity (Wildman–Crippen MR) is 128 cm³/mol. The van der Waals surface area contributed by atoms with Gasteiger partial charge in [0.05, 0.1) is 11.0 Å². The lowest BCUT2D eigenvalue weighted by molar-refractivity contribution is 0.193. The van der Waals surface area contributed by atoms with Crippen LogP contribution >= 0.6 is 15.9 Å². The van der Waals surface area contributed by atoms with E-state index >= 15 is 0 Å². The summed E-state index contributed by atoms with van der Waals surface area (Å²) in [7, 11) is -3.50. The van der Waals surface area contributed by atoms with E-state index in [4.69, 9.17) is 4.74 Å². The summed E-state index contributed by atoms with van der Waals surface area (Å²) in [5, 5.41) is 4.06. The van der Waals surface area contributed by atoms with E-state index in [0.29, 0.717) is 11.3 Å². The fourth-order valence-corrected chi connectivity index (χ4v) is 5.35. The first-order valence-corrected chi connectivity index (χ1v) is 12.6. The minimum atomic E-state index is -3.50. The Morgan fingerprint density at radius 1 is 0.968 bits per heavy atom. The molecule has 0 radical (unpaired) electrons. The van der Waals surface area contributed by atoms with Crippen molar-refractivity contribution in [3.8, 4) is 5.75 Å². The summed E-state index contributed by atoms with van der Waals surface area (Å²) in [4.78, 5) is 12.5. The fraction of sp³-hybridized carbons (Fsp3) is 0.292. The average molecular weight is 504 g/mol. The van der Waals surface area contributed by atoms with Gasteiger partial charge in [-0.05, 0) is 53.4 Å². The lowest BCUT2D eigenvalue weighted by Crippen LogP contribution is -2.45. The van der Waals surface area contributed by atoms with Crippen LogP contribution in [0, 0.1) is 5.92 Å². The van der Waals surface area contributed by atoms with Crippen LogP contribution in [0.15, 0.2) is 71.2 Å².